The first-order valence-electron chi connectivity index (χ1n) is 9.49. The lowest BCUT2D eigenvalue weighted by atomic mass is 10.0. The summed E-state index contributed by atoms with van der Waals surface area (Å²) in [6.45, 7) is 11.0. The van der Waals surface area contributed by atoms with Gasteiger partial charge in [0.15, 0.2) is 0 Å². The summed E-state index contributed by atoms with van der Waals surface area (Å²) in [4.78, 5) is 10.4. The minimum atomic E-state index is -1.02. The van der Waals surface area contributed by atoms with Crippen molar-refractivity contribution >= 4 is 18.9 Å². The van der Waals surface area contributed by atoms with Crippen LogP contribution in [0.5, 0.6) is 5.75 Å². The fraction of sp³-hybridized carbons (Fsp3) is 0.650. The number of benzene rings is 1. The van der Waals surface area contributed by atoms with Gasteiger partial charge in [0.05, 0.1) is 0 Å². The number of rotatable bonds is 8. The van der Waals surface area contributed by atoms with Crippen molar-refractivity contribution in [1.82, 2.24) is 9.62 Å². The first-order chi connectivity index (χ1) is 12.3. The Kier molecular flexibility index (Phi) is 9.88. The van der Waals surface area contributed by atoms with Gasteiger partial charge in [0, 0.05) is 31.6 Å². The van der Waals surface area contributed by atoms with Crippen LogP contribution in [0.2, 0.25) is 0 Å². The van der Waals surface area contributed by atoms with Crippen molar-refractivity contribution in [2.75, 3.05) is 13.1 Å². The van der Waals surface area contributed by atoms with Crippen LogP contribution in [0.15, 0.2) is 18.2 Å². The van der Waals surface area contributed by atoms with Gasteiger partial charge in [0.2, 0.25) is 0 Å². The Morgan fingerprint density at radius 3 is 2.42 bits per heavy atom. The van der Waals surface area contributed by atoms with E-state index < -0.39 is 6.09 Å². The topological polar surface area (TPSA) is 61.8 Å². The standard InChI is InChI=1S/C12H15NO3.C8H19NS/c1-12(2)6-8-4-3-5-9(10(8)16-12)7-13-11(14)15;1-3-5-7-9(10)8-6-4-2/h3-5,13H,6-7H2,1-2H3,(H,14,15);10H,3-8H2,1-2H3. The zero-order valence-electron chi connectivity index (χ0n) is 16.5. The zero-order valence-corrected chi connectivity index (χ0v) is 17.4. The van der Waals surface area contributed by atoms with Crippen molar-refractivity contribution < 1.29 is 14.6 Å². The van der Waals surface area contributed by atoms with E-state index in [0.29, 0.717) is 0 Å². The van der Waals surface area contributed by atoms with Crippen LogP contribution in [0, 0.1) is 0 Å². The van der Waals surface area contributed by atoms with Crippen LogP contribution in [0.3, 0.4) is 0 Å². The Balaban J connectivity index is 0.000000294. The smallest absolute Gasteiger partial charge is 0.404 e. The van der Waals surface area contributed by atoms with Gasteiger partial charge >= 0.3 is 6.09 Å². The number of carboxylic acid groups (broad SMARTS) is 1. The number of ether oxygens (including phenoxy) is 1. The molecule has 1 aliphatic heterocycles. The Hall–Kier alpha value is -1.40. The van der Waals surface area contributed by atoms with Crippen LogP contribution < -0.4 is 10.1 Å². The summed E-state index contributed by atoms with van der Waals surface area (Å²) in [5, 5.41) is 10.9. The first-order valence-corrected chi connectivity index (χ1v) is 9.89. The van der Waals surface area contributed by atoms with Crippen molar-refractivity contribution in [2.24, 2.45) is 0 Å². The number of carbonyl (C=O) groups is 1. The van der Waals surface area contributed by atoms with Crippen molar-refractivity contribution in [3.05, 3.63) is 29.3 Å². The van der Waals surface area contributed by atoms with Crippen LogP contribution in [0.1, 0.15) is 64.5 Å². The molecular weight excluding hydrogens is 348 g/mol. The minimum Gasteiger partial charge on any atom is -0.487 e. The molecule has 0 aromatic heterocycles. The molecular formula is C20H34N2O3S. The van der Waals surface area contributed by atoms with E-state index in [1.54, 1.807) is 0 Å². The fourth-order valence-corrected chi connectivity index (χ4v) is 3.07. The molecule has 0 atom stereocenters. The van der Waals surface area contributed by atoms with E-state index in [9.17, 15) is 4.79 Å². The Labute approximate surface area is 163 Å². The van der Waals surface area contributed by atoms with E-state index in [4.69, 9.17) is 9.84 Å². The number of nitrogens with zero attached hydrogens (tertiary/aromatic N) is 1. The average molecular weight is 383 g/mol. The molecule has 0 spiro atoms. The molecule has 0 saturated heterocycles. The number of hydrogen-bond acceptors (Lipinski definition) is 4. The van der Waals surface area contributed by atoms with Gasteiger partial charge in [-0.3, -0.25) is 4.31 Å². The molecule has 26 heavy (non-hydrogen) atoms. The fourth-order valence-electron chi connectivity index (χ4n) is 2.78. The van der Waals surface area contributed by atoms with Gasteiger partial charge in [-0.2, -0.15) is 0 Å². The minimum absolute atomic E-state index is 0.193. The number of amides is 1. The average Bonchev–Trinajstić information content (AvgIpc) is 2.91. The van der Waals surface area contributed by atoms with Gasteiger partial charge in [0.1, 0.15) is 11.4 Å². The monoisotopic (exact) mass is 382 g/mol. The molecule has 0 saturated carbocycles. The van der Waals surface area contributed by atoms with E-state index in [1.807, 2.05) is 32.0 Å². The summed E-state index contributed by atoms with van der Waals surface area (Å²) < 4.78 is 7.94. The van der Waals surface area contributed by atoms with Crippen molar-refractivity contribution in [3.8, 4) is 5.75 Å². The van der Waals surface area contributed by atoms with Gasteiger partial charge in [-0.25, -0.2) is 4.79 Å². The zero-order chi connectivity index (χ0) is 19.6. The molecule has 1 aromatic carbocycles. The molecule has 0 unspecified atom stereocenters. The van der Waals surface area contributed by atoms with Crippen molar-refractivity contribution in [3.63, 3.8) is 0 Å². The molecule has 0 fully saturated rings. The molecule has 1 amide bonds. The molecule has 2 rings (SSSR count). The molecule has 2 N–H and O–H groups in total. The highest BCUT2D eigenvalue weighted by Gasteiger charge is 2.31. The molecule has 6 heteroatoms. The summed E-state index contributed by atoms with van der Waals surface area (Å²) in [7, 11) is 0. The predicted molar refractivity (Wildman–Crippen MR) is 110 cm³/mol. The quantitative estimate of drug-likeness (QED) is 0.560. The van der Waals surface area contributed by atoms with Crippen LogP contribution in [0.25, 0.3) is 0 Å². The number of nitrogens with one attached hydrogen (secondary N) is 1. The Morgan fingerprint density at radius 2 is 1.88 bits per heavy atom. The number of para-hydroxylation sites is 1. The van der Waals surface area contributed by atoms with Gasteiger partial charge in [-0.15, -0.1) is 0 Å². The van der Waals surface area contributed by atoms with Crippen molar-refractivity contribution in [2.45, 2.75) is 71.9 Å². The second-order valence-corrected chi connectivity index (χ2v) is 7.83. The van der Waals surface area contributed by atoms with Crippen LogP contribution in [-0.2, 0) is 13.0 Å². The van der Waals surface area contributed by atoms with E-state index in [-0.39, 0.29) is 12.1 Å². The highest BCUT2D eigenvalue weighted by atomic mass is 32.1. The Bertz CT molecular complexity index is 556. The van der Waals surface area contributed by atoms with Gasteiger partial charge in [-0.05, 0) is 32.3 Å². The lowest BCUT2D eigenvalue weighted by Gasteiger charge is -2.18. The first kappa shape index (κ1) is 22.6. The molecule has 0 aliphatic carbocycles. The van der Waals surface area contributed by atoms with Crippen LogP contribution in [0.4, 0.5) is 4.79 Å². The van der Waals surface area contributed by atoms with E-state index in [2.05, 4.69) is 36.3 Å². The van der Waals surface area contributed by atoms with E-state index in [1.165, 1.54) is 25.7 Å². The van der Waals surface area contributed by atoms with Crippen LogP contribution >= 0.6 is 12.8 Å². The summed E-state index contributed by atoms with van der Waals surface area (Å²) in [6, 6.07) is 5.84. The third-order valence-electron chi connectivity index (χ3n) is 4.14. The number of hydrogen-bond donors (Lipinski definition) is 3. The molecule has 1 heterocycles. The highest BCUT2D eigenvalue weighted by Crippen LogP contribution is 2.37. The van der Waals surface area contributed by atoms with Crippen molar-refractivity contribution in [1.29, 1.82) is 0 Å². The third kappa shape index (κ3) is 8.32. The third-order valence-corrected chi connectivity index (χ3v) is 4.54. The molecule has 148 valence electrons. The van der Waals surface area contributed by atoms with Gasteiger partial charge in [0.25, 0.3) is 0 Å². The lowest BCUT2D eigenvalue weighted by molar-refractivity contribution is 0.137. The lowest BCUT2D eigenvalue weighted by Crippen LogP contribution is -2.25. The maximum absolute atomic E-state index is 10.4. The second kappa shape index (κ2) is 11.3. The van der Waals surface area contributed by atoms with Gasteiger partial charge < -0.3 is 15.2 Å². The maximum atomic E-state index is 10.4. The summed E-state index contributed by atoms with van der Waals surface area (Å²) in [5.41, 5.74) is 1.85. The normalized spacial score (nSPS) is 14.2. The molecule has 0 radical (unpaired) electrons. The molecule has 1 aliphatic rings. The molecule has 5 nitrogen and oxygen atoms in total. The predicted octanol–water partition coefficient (Wildman–Crippen LogP) is 4.90. The second-order valence-electron chi connectivity index (χ2n) is 7.26. The molecule has 0 bridgehead atoms. The Morgan fingerprint density at radius 1 is 1.27 bits per heavy atom. The number of unbranched alkanes of at least 4 members (excludes halogenated alkanes) is 2. The van der Waals surface area contributed by atoms with E-state index >= 15 is 0 Å². The SMILES string of the molecule is CC1(C)Cc2cccc(CNC(=O)O)c2O1.CCCCN(S)CCCC. The van der Waals surface area contributed by atoms with E-state index in [0.717, 1.165) is 36.4 Å². The number of fused-ring (bicyclic) bond motifs is 1. The largest absolute Gasteiger partial charge is 0.487 e. The summed E-state index contributed by atoms with van der Waals surface area (Å²) >= 11 is 4.33. The van der Waals surface area contributed by atoms with Gasteiger partial charge in [-0.1, -0.05) is 57.7 Å². The summed E-state index contributed by atoms with van der Waals surface area (Å²) in [6.07, 6.45) is 4.92. The highest BCUT2D eigenvalue weighted by molar-refractivity contribution is 7.77. The number of thiol groups is 1. The molecule has 1 aromatic rings. The van der Waals surface area contributed by atoms with Crippen LogP contribution in [-0.4, -0.2) is 34.2 Å². The maximum Gasteiger partial charge on any atom is 0.404 e. The summed E-state index contributed by atoms with van der Waals surface area (Å²) in [5.74, 6) is 0.834.